The summed E-state index contributed by atoms with van der Waals surface area (Å²) < 4.78 is 10.5. The Morgan fingerprint density at radius 2 is 1.40 bits per heavy atom. The van der Waals surface area contributed by atoms with Crippen LogP contribution in [0.5, 0.6) is 0 Å². The van der Waals surface area contributed by atoms with Gasteiger partial charge in [0.1, 0.15) is 11.2 Å². The molecule has 7 heteroatoms. The second-order valence-electron chi connectivity index (χ2n) is 7.67. The zero-order chi connectivity index (χ0) is 19.3. The molecule has 1 aromatic rings. The number of amides is 2. The van der Waals surface area contributed by atoms with E-state index < -0.39 is 23.4 Å². The Labute approximate surface area is 149 Å². The van der Waals surface area contributed by atoms with Crippen LogP contribution >= 0.6 is 0 Å². The van der Waals surface area contributed by atoms with Crippen molar-refractivity contribution < 1.29 is 19.1 Å². The summed E-state index contributed by atoms with van der Waals surface area (Å²) in [6, 6.07) is 5.28. The van der Waals surface area contributed by atoms with E-state index in [1.165, 1.54) is 0 Å². The molecule has 1 rings (SSSR count). The summed E-state index contributed by atoms with van der Waals surface area (Å²) in [5, 5.41) is 5.30. The Balaban J connectivity index is 2.99. The Kier molecular flexibility index (Phi) is 6.81. The number of rotatable bonds is 4. The first-order valence-corrected chi connectivity index (χ1v) is 8.22. The van der Waals surface area contributed by atoms with E-state index >= 15 is 0 Å². The highest BCUT2D eigenvalue weighted by atomic mass is 16.6. The smallest absolute Gasteiger partial charge is 0.412 e. The molecule has 0 aliphatic rings. The molecule has 1 aromatic carbocycles. The van der Waals surface area contributed by atoms with Gasteiger partial charge in [-0.15, -0.1) is 0 Å². The van der Waals surface area contributed by atoms with E-state index in [0.717, 1.165) is 5.56 Å². The van der Waals surface area contributed by atoms with Gasteiger partial charge in [-0.2, -0.15) is 0 Å². The first kappa shape index (κ1) is 20.8. The van der Waals surface area contributed by atoms with Gasteiger partial charge in [0, 0.05) is 0 Å². The Bertz CT molecular complexity index is 616. The first-order chi connectivity index (χ1) is 11.4. The molecule has 4 N–H and O–H groups in total. The van der Waals surface area contributed by atoms with Gasteiger partial charge in [-0.3, -0.25) is 10.6 Å². The zero-order valence-electron chi connectivity index (χ0n) is 15.9. The minimum absolute atomic E-state index is 0.417. The predicted octanol–water partition coefficient (Wildman–Crippen LogP) is 3.88. The maximum absolute atomic E-state index is 12.1. The average molecular weight is 351 g/mol. The lowest BCUT2D eigenvalue weighted by Gasteiger charge is -2.22. The summed E-state index contributed by atoms with van der Waals surface area (Å²) in [5.41, 5.74) is 6.10. The molecule has 0 aromatic heterocycles. The number of ether oxygens (including phenoxy) is 2. The van der Waals surface area contributed by atoms with Crippen LogP contribution in [0.3, 0.4) is 0 Å². The number of nitrogens with one attached hydrogen (secondary N) is 2. The van der Waals surface area contributed by atoms with Crippen molar-refractivity contribution in [2.75, 3.05) is 17.2 Å². The van der Waals surface area contributed by atoms with Gasteiger partial charge in [-0.25, -0.2) is 9.59 Å². The Morgan fingerprint density at radius 3 is 1.84 bits per heavy atom. The van der Waals surface area contributed by atoms with Gasteiger partial charge in [0.05, 0.1) is 11.4 Å². The van der Waals surface area contributed by atoms with Gasteiger partial charge in [-0.1, -0.05) is 6.07 Å². The zero-order valence-corrected chi connectivity index (χ0v) is 15.9. The third-order valence-electron chi connectivity index (χ3n) is 2.79. The van der Waals surface area contributed by atoms with Gasteiger partial charge in [0.2, 0.25) is 0 Å². The van der Waals surface area contributed by atoms with Crippen molar-refractivity contribution >= 4 is 23.6 Å². The SMILES string of the molecule is CC(C)(C)OC(=O)Nc1ccc(CCN)cc1NC(=O)OC(C)(C)C. The molecule has 0 bridgehead atoms. The fraction of sp³-hybridized carbons (Fsp3) is 0.556. The molecular formula is C18H29N3O4. The number of benzene rings is 1. The Morgan fingerprint density at radius 1 is 0.920 bits per heavy atom. The molecule has 0 radical (unpaired) electrons. The van der Waals surface area contributed by atoms with E-state index in [4.69, 9.17) is 15.2 Å². The van der Waals surface area contributed by atoms with Crippen molar-refractivity contribution in [1.82, 2.24) is 0 Å². The molecule has 7 nitrogen and oxygen atoms in total. The molecule has 140 valence electrons. The minimum Gasteiger partial charge on any atom is -0.444 e. The highest BCUT2D eigenvalue weighted by molar-refractivity contribution is 5.95. The summed E-state index contributed by atoms with van der Waals surface area (Å²) in [4.78, 5) is 24.1. The maximum Gasteiger partial charge on any atom is 0.412 e. The Hall–Kier alpha value is -2.28. The van der Waals surface area contributed by atoms with Gasteiger partial charge in [-0.05, 0) is 72.2 Å². The summed E-state index contributed by atoms with van der Waals surface area (Å²) >= 11 is 0. The summed E-state index contributed by atoms with van der Waals surface area (Å²) in [6.07, 6.45) is -0.564. The van der Waals surface area contributed by atoms with Crippen LogP contribution in [0.25, 0.3) is 0 Å². The molecule has 0 atom stereocenters. The van der Waals surface area contributed by atoms with Crippen LogP contribution in [0.1, 0.15) is 47.1 Å². The monoisotopic (exact) mass is 351 g/mol. The number of carbonyl (C=O) groups is 2. The lowest BCUT2D eigenvalue weighted by Crippen LogP contribution is -2.29. The van der Waals surface area contributed by atoms with E-state index in [0.29, 0.717) is 24.3 Å². The van der Waals surface area contributed by atoms with Crippen molar-refractivity contribution in [2.45, 2.75) is 59.2 Å². The van der Waals surface area contributed by atoms with Crippen molar-refractivity contribution in [3.63, 3.8) is 0 Å². The quantitative estimate of drug-likeness (QED) is 0.764. The molecule has 0 aliphatic carbocycles. The highest BCUT2D eigenvalue weighted by Crippen LogP contribution is 2.25. The van der Waals surface area contributed by atoms with E-state index in [1.54, 1.807) is 53.7 Å². The molecular weight excluding hydrogens is 322 g/mol. The van der Waals surface area contributed by atoms with Gasteiger partial charge < -0.3 is 15.2 Å². The molecule has 2 amide bonds. The summed E-state index contributed by atoms with van der Waals surface area (Å²) in [5.74, 6) is 0. The van der Waals surface area contributed by atoms with E-state index in [2.05, 4.69) is 10.6 Å². The van der Waals surface area contributed by atoms with Gasteiger partial charge in [0.25, 0.3) is 0 Å². The van der Waals surface area contributed by atoms with Crippen LogP contribution in [0.15, 0.2) is 18.2 Å². The fourth-order valence-electron chi connectivity index (χ4n) is 1.95. The molecule has 0 spiro atoms. The lowest BCUT2D eigenvalue weighted by atomic mass is 10.1. The van der Waals surface area contributed by atoms with Crippen LogP contribution in [-0.4, -0.2) is 29.9 Å². The minimum atomic E-state index is -0.627. The van der Waals surface area contributed by atoms with E-state index in [-0.39, 0.29) is 0 Å². The second-order valence-corrected chi connectivity index (χ2v) is 7.67. The van der Waals surface area contributed by atoms with E-state index in [1.807, 2.05) is 6.07 Å². The molecule has 0 unspecified atom stereocenters. The van der Waals surface area contributed by atoms with Crippen molar-refractivity contribution in [3.8, 4) is 0 Å². The first-order valence-electron chi connectivity index (χ1n) is 8.22. The van der Waals surface area contributed by atoms with Crippen LogP contribution in [0.2, 0.25) is 0 Å². The van der Waals surface area contributed by atoms with Crippen LogP contribution in [0.4, 0.5) is 21.0 Å². The number of carbonyl (C=O) groups excluding carboxylic acids is 2. The molecule has 0 saturated heterocycles. The largest absolute Gasteiger partial charge is 0.444 e. The number of nitrogens with two attached hydrogens (primary N) is 1. The number of anilines is 2. The lowest BCUT2D eigenvalue weighted by molar-refractivity contribution is 0.0620. The molecule has 0 aliphatic heterocycles. The molecule has 0 heterocycles. The molecule has 0 saturated carbocycles. The fourth-order valence-corrected chi connectivity index (χ4v) is 1.95. The van der Waals surface area contributed by atoms with Crippen molar-refractivity contribution in [3.05, 3.63) is 23.8 Å². The number of hydrogen-bond donors (Lipinski definition) is 3. The number of hydrogen-bond acceptors (Lipinski definition) is 5. The normalized spacial score (nSPS) is 11.6. The standard InChI is InChI=1S/C18H29N3O4/c1-17(2,3)24-15(22)20-13-8-7-12(9-10-19)11-14(13)21-16(23)25-18(4,5)6/h7-8,11H,9-10,19H2,1-6H3,(H,20,22)(H,21,23). The summed E-state index contributed by atoms with van der Waals surface area (Å²) in [6.45, 7) is 11.1. The van der Waals surface area contributed by atoms with Gasteiger partial charge in [0.15, 0.2) is 0 Å². The molecule has 25 heavy (non-hydrogen) atoms. The second kappa shape index (κ2) is 8.20. The average Bonchev–Trinajstić information content (AvgIpc) is 2.37. The van der Waals surface area contributed by atoms with Crippen LogP contribution < -0.4 is 16.4 Å². The maximum atomic E-state index is 12.1. The van der Waals surface area contributed by atoms with Gasteiger partial charge >= 0.3 is 12.2 Å². The summed E-state index contributed by atoms with van der Waals surface area (Å²) in [7, 11) is 0. The van der Waals surface area contributed by atoms with Crippen molar-refractivity contribution in [1.29, 1.82) is 0 Å². The van der Waals surface area contributed by atoms with E-state index in [9.17, 15) is 9.59 Å². The third kappa shape index (κ3) is 8.39. The van der Waals surface area contributed by atoms with Crippen molar-refractivity contribution in [2.24, 2.45) is 5.73 Å². The third-order valence-corrected chi connectivity index (χ3v) is 2.79. The predicted molar refractivity (Wildman–Crippen MR) is 98.9 cm³/mol. The molecule has 0 fully saturated rings. The van der Waals surface area contributed by atoms with Crippen LogP contribution in [-0.2, 0) is 15.9 Å². The van der Waals surface area contributed by atoms with Crippen LogP contribution in [0, 0.1) is 0 Å². The topological polar surface area (TPSA) is 103 Å². The highest BCUT2D eigenvalue weighted by Gasteiger charge is 2.20.